The lowest BCUT2D eigenvalue weighted by atomic mass is 9.79. The Labute approximate surface area is 67.0 Å². The van der Waals surface area contributed by atoms with E-state index < -0.39 is 0 Å². The predicted octanol–water partition coefficient (Wildman–Crippen LogP) is 2.35. The van der Waals surface area contributed by atoms with Crippen LogP contribution in [-0.2, 0) is 6.42 Å². The average Bonchev–Trinajstić information content (AvgIpc) is 2.02. The third kappa shape index (κ3) is 0.917. The molecule has 0 radical (unpaired) electrons. The molecule has 0 amide bonds. The van der Waals surface area contributed by atoms with Crippen molar-refractivity contribution in [1.29, 1.82) is 0 Å². The van der Waals surface area contributed by atoms with E-state index in [-0.39, 0.29) is 0 Å². The highest BCUT2D eigenvalue weighted by Gasteiger charge is 2.21. The molecule has 1 aromatic rings. The SMILES string of the molecule is COc1ccc2c(c1)CC2C. The summed E-state index contributed by atoms with van der Waals surface area (Å²) >= 11 is 0. The summed E-state index contributed by atoms with van der Waals surface area (Å²) in [7, 11) is 1.71. The van der Waals surface area contributed by atoms with Crippen LogP contribution in [-0.4, -0.2) is 7.11 Å². The highest BCUT2D eigenvalue weighted by Crippen LogP contribution is 2.36. The summed E-state index contributed by atoms with van der Waals surface area (Å²) in [5.74, 6) is 1.74. The zero-order valence-electron chi connectivity index (χ0n) is 6.92. The molecular formula is C10H12O. The smallest absolute Gasteiger partial charge is 0.119 e. The normalized spacial score (nSPS) is 20.4. The second-order valence-corrected chi connectivity index (χ2v) is 3.17. The fourth-order valence-electron chi connectivity index (χ4n) is 1.68. The van der Waals surface area contributed by atoms with Crippen LogP contribution in [0.5, 0.6) is 5.75 Å². The maximum absolute atomic E-state index is 5.12. The summed E-state index contributed by atoms with van der Waals surface area (Å²) in [5, 5.41) is 0. The van der Waals surface area contributed by atoms with E-state index in [1.54, 1.807) is 7.11 Å². The first-order valence-corrected chi connectivity index (χ1v) is 3.98. The Balaban J connectivity index is 2.38. The van der Waals surface area contributed by atoms with Gasteiger partial charge in [-0.2, -0.15) is 0 Å². The molecule has 0 saturated heterocycles. The van der Waals surface area contributed by atoms with Crippen LogP contribution < -0.4 is 4.74 Å². The average molecular weight is 148 g/mol. The first kappa shape index (κ1) is 6.71. The summed E-state index contributed by atoms with van der Waals surface area (Å²) < 4.78 is 5.12. The molecule has 1 aliphatic carbocycles. The van der Waals surface area contributed by atoms with Crippen molar-refractivity contribution in [2.75, 3.05) is 7.11 Å². The van der Waals surface area contributed by atoms with E-state index in [2.05, 4.69) is 19.1 Å². The van der Waals surface area contributed by atoms with Gasteiger partial charge in [-0.25, -0.2) is 0 Å². The summed E-state index contributed by atoms with van der Waals surface area (Å²) in [6, 6.07) is 6.34. The highest BCUT2D eigenvalue weighted by molar-refractivity contribution is 5.44. The van der Waals surface area contributed by atoms with Crippen LogP contribution in [0.1, 0.15) is 24.0 Å². The summed E-state index contributed by atoms with van der Waals surface area (Å²) in [6.07, 6.45) is 1.21. The standard InChI is InChI=1S/C10H12O/c1-7-5-8-6-9(11-2)3-4-10(7)8/h3-4,6-7H,5H2,1-2H3. The summed E-state index contributed by atoms with van der Waals surface area (Å²) in [4.78, 5) is 0. The first-order valence-electron chi connectivity index (χ1n) is 3.98. The van der Waals surface area contributed by atoms with Gasteiger partial charge in [-0.15, -0.1) is 0 Å². The second-order valence-electron chi connectivity index (χ2n) is 3.17. The van der Waals surface area contributed by atoms with Gasteiger partial charge < -0.3 is 4.74 Å². The van der Waals surface area contributed by atoms with Crippen LogP contribution in [0.3, 0.4) is 0 Å². The van der Waals surface area contributed by atoms with Gasteiger partial charge in [-0.1, -0.05) is 13.0 Å². The van der Waals surface area contributed by atoms with E-state index in [1.165, 1.54) is 17.5 Å². The third-order valence-corrected chi connectivity index (χ3v) is 2.41. The monoisotopic (exact) mass is 148 g/mol. The molecule has 2 rings (SSSR count). The van der Waals surface area contributed by atoms with Gasteiger partial charge >= 0.3 is 0 Å². The van der Waals surface area contributed by atoms with E-state index in [4.69, 9.17) is 4.74 Å². The van der Waals surface area contributed by atoms with E-state index >= 15 is 0 Å². The Kier molecular flexibility index (Phi) is 1.38. The lowest BCUT2D eigenvalue weighted by molar-refractivity contribution is 0.412. The fourth-order valence-corrected chi connectivity index (χ4v) is 1.68. The number of hydrogen-bond acceptors (Lipinski definition) is 1. The van der Waals surface area contributed by atoms with Crippen LogP contribution >= 0.6 is 0 Å². The van der Waals surface area contributed by atoms with Crippen molar-refractivity contribution in [3.8, 4) is 5.75 Å². The summed E-state index contributed by atoms with van der Waals surface area (Å²) in [5.41, 5.74) is 2.95. The van der Waals surface area contributed by atoms with Crippen molar-refractivity contribution < 1.29 is 4.74 Å². The third-order valence-electron chi connectivity index (χ3n) is 2.41. The molecule has 0 aliphatic heterocycles. The van der Waals surface area contributed by atoms with Gasteiger partial charge in [-0.05, 0) is 35.6 Å². The van der Waals surface area contributed by atoms with Gasteiger partial charge in [0.2, 0.25) is 0 Å². The van der Waals surface area contributed by atoms with Crippen LogP contribution in [0.15, 0.2) is 18.2 Å². The quantitative estimate of drug-likeness (QED) is 0.594. The zero-order valence-corrected chi connectivity index (χ0v) is 6.92. The predicted molar refractivity (Wildman–Crippen MR) is 45.1 cm³/mol. The van der Waals surface area contributed by atoms with Crippen molar-refractivity contribution in [2.45, 2.75) is 19.3 Å². The molecule has 1 heteroatoms. The summed E-state index contributed by atoms with van der Waals surface area (Å²) in [6.45, 7) is 2.26. The van der Waals surface area contributed by atoms with Gasteiger partial charge in [0.1, 0.15) is 5.75 Å². The van der Waals surface area contributed by atoms with E-state index in [9.17, 15) is 0 Å². The molecule has 11 heavy (non-hydrogen) atoms. The largest absolute Gasteiger partial charge is 0.497 e. The fraction of sp³-hybridized carbons (Fsp3) is 0.400. The van der Waals surface area contributed by atoms with Crippen molar-refractivity contribution in [3.05, 3.63) is 29.3 Å². The van der Waals surface area contributed by atoms with Gasteiger partial charge in [0.05, 0.1) is 7.11 Å². The number of methoxy groups -OCH3 is 1. The molecule has 58 valence electrons. The van der Waals surface area contributed by atoms with Gasteiger partial charge in [0, 0.05) is 0 Å². The minimum atomic E-state index is 0.760. The first-order chi connectivity index (χ1) is 5.31. The second kappa shape index (κ2) is 2.26. The Morgan fingerprint density at radius 1 is 1.45 bits per heavy atom. The molecule has 1 aliphatic rings. The van der Waals surface area contributed by atoms with Crippen molar-refractivity contribution in [2.24, 2.45) is 0 Å². The van der Waals surface area contributed by atoms with E-state index in [1.807, 2.05) is 6.07 Å². The lowest BCUT2D eigenvalue weighted by Crippen LogP contribution is -2.13. The number of hydrogen-bond donors (Lipinski definition) is 0. The van der Waals surface area contributed by atoms with Gasteiger partial charge in [-0.3, -0.25) is 0 Å². The lowest BCUT2D eigenvalue weighted by Gasteiger charge is -2.26. The Morgan fingerprint density at radius 2 is 2.27 bits per heavy atom. The van der Waals surface area contributed by atoms with Crippen molar-refractivity contribution in [1.82, 2.24) is 0 Å². The van der Waals surface area contributed by atoms with Crippen LogP contribution in [0.25, 0.3) is 0 Å². The van der Waals surface area contributed by atoms with Crippen LogP contribution in [0.2, 0.25) is 0 Å². The maximum atomic E-state index is 5.12. The molecule has 1 unspecified atom stereocenters. The molecule has 0 bridgehead atoms. The van der Waals surface area contributed by atoms with Crippen molar-refractivity contribution in [3.63, 3.8) is 0 Å². The molecule has 0 fully saturated rings. The molecule has 0 saturated carbocycles. The maximum Gasteiger partial charge on any atom is 0.119 e. The highest BCUT2D eigenvalue weighted by atomic mass is 16.5. The molecule has 0 heterocycles. The number of ether oxygens (including phenoxy) is 1. The molecule has 1 atom stereocenters. The van der Waals surface area contributed by atoms with Gasteiger partial charge in [0.25, 0.3) is 0 Å². The zero-order chi connectivity index (χ0) is 7.84. The van der Waals surface area contributed by atoms with E-state index in [0.717, 1.165) is 11.7 Å². The van der Waals surface area contributed by atoms with Crippen LogP contribution in [0, 0.1) is 0 Å². The number of benzene rings is 1. The minimum Gasteiger partial charge on any atom is -0.497 e. The topological polar surface area (TPSA) is 9.23 Å². The number of rotatable bonds is 1. The van der Waals surface area contributed by atoms with E-state index in [0.29, 0.717) is 0 Å². The molecule has 0 N–H and O–H groups in total. The Bertz CT molecular complexity index is 278. The van der Waals surface area contributed by atoms with Crippen LogP contribution in [0.4, 0.5) is 0 Å². The number of fused-ring (bicyclic) bond motifs is 1. The molecule has 0 spiro atoms. The Hall–Kier alpha value is -0.980. The Morgan fingerprint density at radius 3 is 2.82 bits per heavy atom. The molecule has 0 aromatic heterocycles. The molecule has 1 nitrogen and oxygen atoms in total. The molecular weight excluding hydrogens is 136 g/mol. The molecule has 1 aromatic carbocycles. The van der Waals surface area contributed by atoms with Gasteiger partial charge in [0.15, 0.2) is 0 Å². The minimum absolute atomic E-state index is 0.760. The van der Waals surface area contributed by atoms with Crippen molar-refractivity contribution >= 4 is 0 Å².